The Labute approximate surface area is 110 Å². The molecule has 17 heavy (non-hydrogen) atoms. The molecule has 1 saturated carbocycles. The zero-order chi connectivity index (χ0) is 12.2. The third-order valence-corrected chi connectivity index (χ3v) is 3.45. The molecule has 0 spiro atoms. The highest BCUT2D eigenvalue weighted by Crippen LogP contribution is 2.48. The van der Waals surface area contributed by atoms with Crippen molar-refractivity contribution in [3.05, 3.63) is 0 Å². The van der Waals surface area contributed by atoms with E-state index in [0.717, 1.165) is 19.6 Å². The average Bonchev–Trinajstić information content (AvgIpc) is 3.02. The molecule has 1 aliphatic rings. The summed E-state index contributed by atoms with van der Waals surface area (Å²) in [5, 5.41) is 2.96. The van der Waals surface area contributed by atoms with Gasteiger partial charge in [-0.3, -0.25) is 4.79 Å². The lowest BCUT2D eigenvalue weighted by Crippen LogP contribution is -2.45. The van der Waals surface area contributed by atoms with Gasteiger partial charge in [-0.1, -0.05) is 13.8 Å². The highest BCUT2D eigenvalue weighted by Gasteiger charge is 2.42. The van der Waals surface area contributed by atoms with Gasteiger partial charge in [-0.05, 0) is 30.6 Å². The molecule has 0 aromatic heterocycles. The number of amides is 1. The zero-order valence-electron chi connectivity index (χ0n) is 11.0. The van der Waals surface area contributed by atoms with E-state index >= 15 is 0 Å². The lowest BCUT2D eigenvalue weighted by molar-refractivity contribution is -0.123. The number of hydrogen-bond acceptors (Lipinski definition) is 3. The number of halogens is 1. The number of carbonyl (C=O) groups excluding carboxylic acids is 1. The fourth-order valence-electron chi connectivity index (χ4n) is 1.71. The Hall–Kier alpha value is -0.320. The maximum atomic E-state index is 11.7. The first kappa shape index (κ1) is 16.7. The van der Waals surface area contributed by atoms with Crippen molar-refractivity contribution in [2.75, 3.05) is 20.3 Å². The van der Waals surface area contributed by atoms with Gasteiger partial charge in [0.1, 0.15) is 0 Å². The Balaban J connectivity index is 0.00000256. The molecule has 0 unspecified atom stereocenters. The van der Waals surface area contributed by atoms with E-state index in [2.05, 4.69) is 5.32 Å². The van der Waals surface area contributed by atoms with Gasteiger partial charge in [0, 0.05) is 20.3 Å². The molecule has 1 fully saturated rings. The van der Waals surface area contributed by atoms with Crippen molar-refractivity contribution >= 4 is 18.3 Å². The largest absolute Gasteiger partial charge is 0.385 e. The third kappa shape index (κ3) is 5.23. The van der Waals surface area contributed by atoms with Crippen LogP contribution in [0.4, 0.5) is 0 Å². The number of methoxy groups -OCH3 is 1. The van der Waals surface area contributed by atoms with Gasteiger partial charge in [0.05, 0.1) is 6.04 Å². The van der Waals surface area contributed by atoms with Gasteiger partial charge >= 0.3 is 0 Å². The van der Waals surface area contributed by atoms with Crippen LogP contribution < -0.4 is 11.1 Å². The van der Waals surface area contributed by atoms with Gasteiger partial charge in [-0.2, -0.15) is 0 Å². The van der Waals surface area contributed by atoms with Crippen LogP contribution in [-0.2, 0) is 9.53 Å². The van der Waals surface area contributed by atoms with E-state index in [1.807, 2.05) is 13.8 Å². The van der Waals surface area contributed by atoms with Gasteiger partial charge < -0.3 is 15.8 Å². The Morgan fingerprint density at radius 3 is 2.47 bits per heavy atom. The van der Waals surface area contributed by atoms with Crippen LogP contribution in [0, 0.1) is 11.3 Å². The van der Waals surface area contributed by atoms with Crippen LogP contribution in [-0.4, -0.2) is 32.2 Å². The predicted octanol–water partition coefficient (Wildman–Crippen LogP) is 1.32. The molecule has 1 atom stereocenters. The minimum absolute atomic E-state index is 0. The standard InChI is InChI=1S/C12H24N2O2.ClH/c1-9(2)10(13)11(15)14-8-12(4-5-12)6-7-16-3;/h9-10H,4-8,13H2,1-3H3,(H,14,15);1H/t10-;/m1./s1. The van der Waals surface area contributed by atoms with Crippen molar-refractivity contribution in [2.45, 2.75) is 39.2 Å². The number of nitrogens with one attached hydrogen (secondary N) is 1. The monoisotopic (exact) mass is 264 g/mol. The fourth-order valence-corrected chi connectivity index (χ4v) is 1.71. The van der Waals surface area contributed by atoms with Crippen molar-refractivity contribution in [2.24, 2.45) is 17.1 Å². The minimum Gasteiger partial charge on any atom is -0.385 e. The summed E-state index contributed by atoms with van der Waals surface area (Å²) in [6.45, 7) is 5.44. The van der Waals surface area contributed by atoms with Gasteiger partial charge in [0.2, 0.25) is 5.91 Å². The number of hydrogen-bond donors (Lipinski definition) is 2. The molecule has 0 heterocycles. The molecule has 0 aliphatic heterocycles. The summed E-state index contributed by atoms with van der Waals surface area (Å²) in [5.74, 6) is 0.160. The van der Waals surface area contributed by atoms with Gasteiger partial charge in [-0.15, -0.1) is 12.4 Å². The predicted molar refractivity (Wildman–Crippen MR) is 71.2 cm³/mol. The number of ether oxygens (including phenoxy) is 1. The molecule has 3 N–H and O–H groups in total. The molecule has 0 aromatic carbocycles. The second-order valence-electron chi connectivity index (χ2n) is 5.23. The van der Waals surface area contributed by atoms with E-state index in [4.69, 9.17) is 10.5 Å². The van der Waals surface area contributed by atoms with Crippen LogP contribution in [0.15, 0.2) is 0 Å². The van der Waals surface area contributed by atoms with E-state index in [0.29, 0.717) is 5.41 Å². The smallest absolute Gasteiger partial charge is 0.237 e. The second kappa shape index (κ2) is 7.19. The Bertz CT molecular complexity index is 243. The van der Waals surface area contributed by atoms with Crippen LogP contribution in [0.2, 0.25) is 0 Å². The summed E-state index contributed by atoms with van der Waals surface area (Å²) in [5.41, 5.74) is 6.07. The highest BCUT2D eigenvalue weighted by atomic mass is 35.5. The molecule has 5 heteroatoms. The van der Waals surface area contributed by atoms with E-state index in [1.54, 1.807) is 7.11 Å². The van der Waals surface area contributed by atoms with E-state index in [-0.39, 0.29) is 24.2 Å². The van der Waals surface area contributed by atoms with E-state index in [9.17, 15) is 4.79 Å². The SMILES string of the molecule is COCCC1(CNC(=O)[C@H](N)C(C)C)CC1.Cl. The number of carbonyl (C=O) groups is 1. The van der Waals surface area contributed by atoms with Crippen molar-refractivity contribution in [1.29, 1.82) is 0 Å². The van der Waals surface area contributed by atoms with Gasteiger partial charge in [0.25, 0.3) is 0 Å². The van der Waals surface area contributed by atoms with Gasteiger partial charge in [0.15, 0.2) is 0 Å². The summed E-state index contributed by atoms with van der Waals surface area (Å²) in [6.07, 6.45) is 3.40. The molecule has 0 aromatic rings. The van der Waals surface area contributed by atoms with Crippen LogP contribution >= 0.6 is 12.4 Å². The summed E-state index contributed by atoms with van der Waals surface area (Å²) in [4.78, 5) is 11.7. The summed E-state index contributed by atoms with van der Waals surface area (Å²) >= 11 is 0. The maximum Gasteiger partial charge on any atom is 0.237 e. The quantitative estimate of drug-likeness (QED) is 0.729. The van der Waals surface area contributed by atoms with Crippen LogP contribution in [0.1, 0.15) is 33.1 Å². The first-order chi connectivity index (χ1) is 7.51. The number of rotatable bonds is 7. The van der Waals surface area contributed by atoms with Gasteiger partial charge in [-0.25, -0.2) is 0 Å². The average molecular weight is 265 g/mol. The second-order valence-corrected chi connectivity index (χ2v) is 5.23. The Kier molecular flexibility index (Phi) is 7.05. The summed E-state index contributed by atoms with van der Waals surface area (Å²) in [7, 11) is 1.71. The lowest BCUT2D eigenvalue weighted by Gasteiger charge is -2.19. The molecule has 1 amide bonds. The Morgan fingerprint density at radius 2 is 2.06 bits per heavy atom. The Morgan fingerprint density at radius 1 is 1.47 bits per heavy atom. The van der Waals surface area contributed by atoms with Crippen molar-refractivity contribution in [3.8, 4) is 0 Å². The fraction of sp³-hybridized carbons (Fsp3) is 0.917. The first-order valence-corrected chi connectivity index (χ1v) is 6.03. The van der Waals surface area contributed by atoms with E-state index in [1.165, 1.54) is 12.8 Å². The third-order valence-electron chi connectivity index (χ3n) is 3.45. The van der Waals surface area contributed by atoms with Crippen molar-refractivity contribution in [1.82, 2.24) is 5.32 Å². The van der Waals surface area contributed by atoms with Crippen molar-refractivity contribution in [3.63, 3.8) is 0 Å². The summed E-state index contributed by atoms with van der Waals surface area (Å²) < 4.78 is 5.07. The first-order valence-electron chi connectivity index (χ1n) is 6.03. The summed E-state index contributed by atoms with van der Waals surface area (Å²) in [6, 6.07) is -0.391. The molecule has 1 rings (SSSR count). The zero-order valence-corrected chi connectivity index (χ0v) is 11.8. The molecule has 4 nitrogen and oxygen atoms in total. The molecule has 0 bridgehead atoms. The van der Waals surface area contributed by atoms with Crippen molar-refractivity contribution < 1.29 is 9.53 Å². The molecule has 1 aliphatic carbocycles. The van der Waals surface area contributed by atoms with E-state index < -0.39 is 6.04 Å². The molecule has 102 valence electrons. The number of nitrogens with two attached hydrogens (primary N) is 1. The topological polar surface area (TPSA) is 64.3 Å². The molecular weight excluding hydrogens is 240 g/mol. The lowest BCUT2D eigenvalue weighted by atomic mass is 10.0. The molecule has 0 radical (unpaired) electrons. The maximum absolute atomic E-state index is 11.7. The van der Waals surface area contributed by atoms with Crippen LogP contribution in [0.5, 0.6) is 0 Å². The van der Waals surface area contributed by atoms with Crippen LogP contribution in [0.25, 0.3) is 0 Å². The highest BCUT2D eigenvalue weighted by molar-refractivity contribution is 5.85. The molecular formula is C12H25ClN2O2. The van der Waals surface area contributed by atoms with Crippen LogP contribution in [0.3, 0.4) is 0 Å². The molecule has 0 saturated heterocycles. The minimum atomic E-state index is -0.391. The normalized spacial score (nSPS) is 18.4.